The van der Waals surface area contributed by atoms with E-state index in [0.717, 1.165) is 0 Å². The van der Waals surface area contributed by atoms with Gasteiger partial charge in [-0.15, -0.1) is 0 Å². The molecule has 6 N–H and O–H groups in total. The van der Waals surface area contributed by atoms with Crippen molar-refractivity contribution in [1.82, 2.24) is 4.98 Å². The summed E-state index contributed by atoms with van der Waals surface area (Å²) < 4.78 is 0. The number of nitrogens with zero attached hydrogens (tertiary/aromatic N) is 1. The van der Waals surface area contributed by atoms with E-state index in [0.29, 0.717) is 11.5 Å². The van der Waals surface area contributed by atoms with Crippen molar-refractivity contribution >= 4 is 17.4 Å². The lowest BCUT2D eigenvalue weighted by Crippen LogP contribution is -2.20. The average molecular weight is 210 g/mol. The molecule has 1 unspecified atom stereocenters. The summed E-state index contributed by atoms with van der Waals surface area (Å²) in [6, 6.07) is 1.44. The van der Waals surface area contributed by atoms with Gasteiger partial charge in [0.2, 0.25) is 0 Å². The molecular weight excluding hydrogens is 196 g/mol. The first-order chi connectivity index (χ1) is 7.00. The van der Waals surface area contributed by atoms with Crippen LogP contribution in [0.15, 0.2) is 12.3 Å². The number of nitrogen functional groups attached to an aromatic ring is 1. The monoisotopic (exact) mass is 210 g/mol. The maximum absolute atomic E-state index is 11.0. The molecule has 0 fully saturated rings. The van der Waals surface area contributed by atoms with Crippen molar-refractivity contribution in [2.75, 3.05) is 17.6 Å². The highest BCUT2D eigenvalue weighted by Gasteiger charge is 2.10. The van der Waals surface area contributed by atoms with Crippen LogP contribution in [0.25, 0.3) is 0 Å². The average Bonchev–Trinajstić information content (AvgIpc) is 2.15. The third kappa shape index (κ3) is 3.10. The van der Waals surface area contributed by atoms with Gasteiger partial charge in [-0.25, -0.2) is 4.98 Å². The van der Waals surface area contributed by atoms with Crippen LogP contribution >= 0.6 is 0 Å². The molecule has 0 saturated carbocycles. The van der Waals surface area contributed by atoms with E-state index in [1.165, 1.54) is 12.3 Å². The lowest BCUT2D eigenvalue weighted by Gasteiger charge is -2.10. The van der Waals surface area contributed by atoms with Crippen LogP contribution in [0.2, 0.25) is 0 Å². The van der Waals surface area contributed by atoms with Crippen LogP contribution < -0.4 is 16.8 Å². The molecule has 1 atom stereocenters. The first-order valence-corrected chi connectivity index (χ1v) is 4.48. The Bertz CT molecular complexity index is 365. The van der Waals surface area contributed by atoms with E-state index >= 15 is 0 Å². The highest BCUT2D eigenvalue weighted by Crippen LogP contribution is 2.14. The Morgan fingerprint density at radius 1 is 1.73 bits per heavy atom. The molecule has 0 aliphatic rings. The largest absolute Gasteiger partial charge is 0.397 e. The summed E-state index contributed by atoms with van der Waals surface area (Å²) >= 11 is 0. The van der Waals surface area contributed by atoms with E-state index in [9.17, 15) is 4.79 Å². The fourth-order valence-corrected chi connectivity index (χ4v) is 1.05. The van der Waals surface area contributed by atoms with E-state index in [-0.39, 0.29) is 12.1 Å². The molecule has 0 bridgehead atoms. The zero-order valence-corrected chi connectivity index (χ0v) is 8.40. The molecule has 82 valence electrons. The Labute approximate surface area is 87.3 Å². The predicted octanol–water partition coefficient (Wildman–Crippen LogP) is -0.445. The van der Waals surface area contributed by atoms with Crippen LogP contribution in [0, 0.1) is 0 Å². The molecule has 6 nitrogen and oxygen atoms in total. The smallest absolute Gasteiger partial charge is 0.252 e. The number of aliphatic hydroxyl groups excluding tert-OH is 1. The van der Waals surface area contributed by atoms with Crippen LogP contribution in [0.3, 0.4) is 0 Å². The quantitative estimate of drug-likeness (QED) is 0.537. The van der Waals surface area contributed by atoms with E-state index in [4.69, 9.17) is 16.6 Å². The molecule has 0 aromatic carbocycles. The number of amides is 1. The van der Waals surface area contributed by atoms with Crippen molar-refractivity contribution in [3.05, 3.63) is 17.8 Å². The second-order valence-electron chi connectivity index (χ2n) is 3.26. The second-order valence-corrected chi connectivity index (χ2v) is 3.26. The Balaban J connectivity index is 2.91. The van der Waals surface area contributed by atoms with Crippen LogP contribution in [0.1, 0.15) is 17.3 Å². The number of nitrogens with one attached hydrogen (secondary N) is 1. The molecule has 1 aromatic rings. The van der Waals surface area contributed by atoms with Gasteiger partial charge in [-0.2, -0.15) is 0 Å². The fourth-order valence-electron chi connectivity index (χ4n) is 1.05. The highest BCUT2D eigenvalue weighted by atomic mass is 16.3. The molecule has 1 amide bonds. The number of rotatable bonds is 4. The number of carbonyl (C=O) groups excluding carboxylic acids is 1. The summed E-state index contributed by atoms with van der Waals surface area (Å²) in [7, 11) is 0. The van der Waals surface area contributed by atoms with Gasteiger partial charge in [0.15, 0.2) is 0 Å². The van der Waals surface area contributed by atoms with Crippen molar-refractivity contribution in [1.29, 1.82) is 0 Å². The Kier molecular flexibility index (Phi) is 3.46. The van der Waals surface area contributed by atoms with Crippen LogP contribution in [0.4, 0.5) is 11.5 Å². The molecule has 6 heteroatoms. The van der Waals surface area contributed by atoms with Crippen molar-refractivity contribution in [2.24, 2.45) is 5.73 Å². The highest BCUT2D eigenvalue weighted by molar-refractivity contribution is 5.98. The topological polar surface area (TPSA) is 114 Å². The van der Waals surface area contributed by atoms with Gasteiger partial charge in [0.25, 0.3) is 5.91 Å². The number of nitrogens with two attached hydrogens (primary N) is 2. The minimum Gasteiger partial charge on any atom is -0.397 e. The summed E-state index contributed by atoms with van der Waals surface area (Å²) in [5.74, 6) is -0.277. The number of anilines is 2. The molecule has 0 saturated heterocycles. The van der Waals surface area contributed by atoms with Crippen molar-refractivity contribution in [3.63, 3.8) is 0 Å². The minimum atomic E-state index is -0.608. The summed E-state index contributed by atoms with van der Waals surface area (Å²) in [5.41, 5.74) is 11.2. The third-order valence-corrected chi connectivity index (χ3v) is 1.74. The van der Waals surface area contributed by atoms with Gasteiger partial charge in [-0.05, 0) is 13.0 Å². The number of hydrogen-bond donors (Lipinski definition) is 4. The molecule has 1 rings (SSSR count). The van der Waals surface area contributed by atoms with Crippen LogP contribution in [-0.2, 0) is 0 Å². The van der Waals surface area contributed by atoms with Gasteiger partial charge >= 0.3 is 0 Å². The SMILES string of the molecule is CC(O)CNc1ncc(N)cc1C(N)=O. The summed E-state index contributed by atoms with van der Waals surface area (Å²) in [4.78, 5) is 15.0. The molecule has 0 radical (unpaired) electrons. The van der Waals surface area contributed by atoms with Crippen LogP contribution in [0.5, 0.6) is 0 Å². The van der Waals surface area contributed by atoms with E-state index < -0.39 is 12.0 Å². The zero-order valence-electron chi connectivity index (χ0n) is 8.40. The predicted molar refractivity (Wildman–Crippen MR) is 57.3 cm³/mol. The maximum Gasteiger partial charge on any atom is 0.252 e. The van der Waals surface area contributed by atoms with Gasteiger partial charge in [0, 0.05) is 6.54 Å². The van der Waals surface area contributed by atoms with Gasteiger partial charge in [0.1, 0.15) is 5.82 Å². The Hall–Kier alpha value is -1.82. The molecule has 0 aliphatic carbocycles. The summed E-state index contributed by atoms with van der Waals surface area (Å²) in [5, 5.41) is 11.9. The fraction of sp³-hybridized carbons (Fsp3) is 0.333. The lowest BCUT2D eigenvalue weighted by molar-refractivity contribution is 0.100. The number of hydrogen-bond acceptors (Lipinski definition) is 5. The molecule has 1 heterocycles. The van der Waals surface area contributed by atoms with Gasteiger partial charge in [-0.1, -0.05) is 0 Å². The third-order valence-electron chi connectivity index (χ3n) is 1.74. The zero-order chi connectivity index (χ0) is 11.4. The Morgan fingerprint density at radius 2 is 2.40 bits per heavy atom. The molecule has 1 aromatic heterocycles. The van der Waals surface area contributed by atoms with E-state index in [1.807, 2.05) is 0 Å². The summed E-state index contributed by atoms with van der Waals surface area (Å²) in [6.45, 7) is 1.91. The first kappa shape index (κ1) is 11.3. The minimum absolute atomic E-state index is 0.218. The Morgan fingerprint density at radius 3 is 2.93 bits per heavy atom. The molecule has 0 spiro atoms. The summed E-state index contributed by atoms with van der Waals surface area (Å²) in [6.07, 6.45) is 0.877. The van der Waals surface area contributed by atoms with Crippen molar-refractivity contribution in [3.8, 4) is 0 Å². The number of primary amides is 1. The number of aliphatic hydroxyl groups is 1. The number of pyridine rings is 1. The van der Waals surface area contributed by atoms with Crippen molar-refractivity contribution < 1.29 is 9.90 Å². The standard InChI is InChI=1S/C9H14N4O2/c1-5(14)3-12-9-7(8(11)15)2-6(10)4-13-9/h2,4-5,14H,3,10H2,1H3,(H2,11,15)(H,12,13). The molecule has 15 heavy (non-hydrogen) atoms. The molecule has 0 aliphatic heterocycles. The first-order valence-electron chi connectivity index (χ1n) is 4.48. The van der Waals surface area contributed by atoms with Crippen LogP contribution in [-0.4, -0.2) is 28.6 Å². The normalized spacial score (nSPS) is 12.1. The molecular formula is C9H14N4O2. The van der Waals surface area contributed by atoms with Crippen molar-refractivity contribution in [2.45, 2.75) is 13.0 Å². The lowest BCUT2D eigenvalue weighted by atomic mass is 10.2. The van der Waals surface area contributed by atoms with Gasteiger partial charge < -0.3 is 21.9 Å². The maximum atomic E-state index is 11.0. The number of carbonyl (C=O) groups is 1. The van der Waals surface area contributed by atoms with E-state index in [1.54, 1.807) is 6.92 Å². The van der Waals surface area contributed by atoms with Gasteiger partial charge in [0.05, 0.1) is 23.6 Å². The number of aromatic nitrogens is 1. The van der Waals surface area contributed by atoms with Gasteiger partial charge in [-0.3, -0.25) is 4.79 Å². The van der Waals surface area contributed by atoms with E-state index in [2.05, 4.69) is 10.3 Å². The second kappa shape index (κ2) is 4.61.